The Kier molecular flexibility index (Phi) is 7.63. The summed E-state index contributed by atoms with van der Waals surface area (Å²) in [5, 5.41) is 2.95. The molecule has 200 valence electrons. The molecule has 3 amide bonds. The molecule has 3 aromatic carbocycles. The number of amides is 3. The summed E-state index contributed by atoms with van der Waals surface area (Å²) >= 11 is 0. The maximum Gasteiger partial charge on any atom is 0.317 e. The lowest BCUT2D eigenvalue weighted by Gasteiger charge is -2.34. The SMILES string of the molecule is COc1ccc(-c2cc(C(=O)N3CCN(C(=O)NCc4ccccc4)CC3)c(C)n2-c2ccccc2F)cc1. The summed E-state index contributed by atoms with van der Waals surface area (Å²) in [5.41, 5.74) is 4.11. The second-order valence-electron chi connectivity index (χ2n) is 9.47. The van der Waals surface area contributed by atoms with Gasteiger partial charge in [-0.2, -0.15) is 0 Å². The van der Waals surface area contributed by atoms with Crippen molar-refractivity contribution in [2.45, 2.75) is 13.5 Å². The van der Waals surface area contributed by atoms with Crippen LogP contribution < -0.4 is 10.1 Å². The van der Waals surface area contributed by atoms with Gasteiger partial charge in [-0.3, -0.25) is 4.79 Å². The van der Waals surface area contributed by atoms with E-state index in [9.17, 15) is 14.0 Å². The van der Waals surface area contributed by atoms with Gasteiger partial charge in [-0.25, -0.2) is 9.18 Å². The summed E-state index contributed by atoms with van der Waals surface area (Å²) in [6, 6.07) is 25.4. The van der Waals surface area contributed by atoms with Crippen molar-refractivity contribution >= 4 is 11.9 Å². The number of halogens is 1. The summed E-state index contributed by atoms with van der Waals surface area (Å²) in [6.45, 7) is 3.99. The zero-order chi connectivity index (χ0) is 27.4. The molecular weight excluding hydrogens is 495 g/mol. The number of piperazine rings is 1. The van der Waals surface area contributed by atoms with Crippen molar-refractivity contribution in [3.8, 4) is 22.7 Å². The van der Waals surface area contributed by atoms with Crippen molar-refractivity contribution in [2.75, 3.05) is 33.3 Å². The molecule has 1 N–H and O–H groups in total. The van der Waals surface area contributed by atoms with Crippen LogP contribution in [0.1, 0.15) is 21.6 Å². The third-order valence-electron chi connectivity index (χ3n) is 7.10. The average molecular weight is 527 g/mol. The number of ether oxygens (including phenoxy) is 1. The molecule has 1 fully saturated rings. The highest BCUT2D eigenvalue weighted by atomic mass is 19.1. The number of rotatable bonds is 6. The third-order valence-corrected chi connectivity index (χ3v) is 7.10. The maximum atomic E-state index is 14.9. The number of urea groups is 1. The summed E-state index contributed by atoms with van der Waals surface area (Å²) in [6.07, 6.45) is 0. The van der Waals surface area contributed by atoms with Crippen LogP contribution >= 0.6 is 0 Å². The number of carbonyl (C=O) groups excluding carboxylic acids is 2. The number of nitrogens with one attached hydrogen (secondary N) is 1. The van der Waals surface area contributed by atoms with E-state index >= 15 is 0 Å². The highest BCUT2D eigenvalue weighted by Crippen LogP contribution is 2.32. The lowest BCUT2D eigenvalue weighted by Crippen LogP contribution is -2.53. The third kappa shape index (κ3) is 5.50. The molecule has 8 heteroatoms. The number of aromatic nitrogens is 1. The van der Waals surface area contributed by atoms with Crippen LogP contribution in [0.4, 0.5) is 9.18 Å². The molecule has 2 heterocycles. The van der Waals surface area contributed by atoms with Crippen LogP contribution in [0.15, 0.2) is 84.9 Å². The quantitative estimate of drug-likeness (QED) is 0.372. The van der Waals surface area contributed by atoms with Gasteiger partial charge in [0.25, 0.3) is 5.91 Å². The van der Waals surface area contributed by atoms with Crippen LogP contribution in [-0.4, -0.2) is 59.6 Å². The summed E-state index contributed by atoms with van der Waals surface area (Å²) in [4.78, 5) is 29.9. The van der Waals surface area contributed by atoms with E-state index in [4.69, 9.17) is 4.74 Å². The Bertz CT molecular complexity index is 1460. The Morgan fingerprint density at radius 3 is 2.18 bits per heavy atom. The number of para-hydroxylation sites is 1. The van der Waals surface area contributed by atoms with E-state index in [0.29, 0.717) is 61.1 Å². The van der Waals surface area contributed by atoms with Crippen LogP contribution in [0, 0.1) is 12.7 Å². The van der Waals surface area contributed by atoms with Crippen LogP contribution in [0.25, 0.3) is 16.9 Å². The van der Waals surface area contributed by atoms with E-state index < -0.39 is 0 Å². The molecule has 5 rings (SSSR count). The fourth-order valence-corrected chi connectivity index (χ4v) is 4.91. The van der Waals surface area contributed by atoms with Gasteiger partial charge in [0, 0.05) is 38.4 Å². The van der Waals surface area contributed by atoms with E-state index in [1.165, 1.54) is 6.07 Å². The Labute approximate surface area is 227 Å². The fraction of sp³-hybridized carbons (Fsp3) is 0.226. The Morgan fingerprint density at radius 1 is 0.872 bits per heavy atom. The van der Waals surface area contributed by atoms with Gasteiger partial charge >= 0.3 is 6.03 Å². The Hall–Kier alpha value is -4.59. The summed E-state index contributed by atoms with van der Waals surface area (Å²) in [5.74, 6) is 0.197. The number of nitrogens with zero attached hydrogens (tertiary/aromatic N) is 3. The predicted molar refractivity (Wildman–Crippen MR) is 149 cm³/mol. The predicted octanol–water partition coefficient (Wildman–Crippen LogP) is 5.27. The zero-order valence-electron chi connectivity index (χ0n) is 22.1. The minimum absolute atomic E-state index is 0.137. The second kappa shape index (κ2) is 11.4. The molecule has 1 aliphatic rings. The fourth-order valence-electron chi connectivity index (χ4n) is 4.91. The summed E-state index contributed by atoms with van der Waals surface area (Å²) < 4.78 is 22.0. The number of benzene rings is 3. The molecule has 0 spiro atoms. The van der Waals surface area contributed by atoms with Gasteiger partial charge in [0.15, 0.2) is 0 Å². The van der Waals surface area contributed by atoms with Crippen LogP contribution in [0.5, 0.6) is 5.75 Å². The molecule has 7 nitrogen and oxygen atoms in total. The van der Waals surface area contributed by atoms with E-state index in [1.807, 2.05) is 67.6 Å². The van der Waals surface area contributed by atoms with Gasteiger partial charge in [0.1, 0.15) is 11.6 Å². The lowest BCUT2D eigenvalue weighted by molar-refractivity contribution is 0.0664. The van der Waals surface area contributed by atoms with E-state index in [0.717, 1.165) is 11.1 Å². The molecule has 0 aliphatic carbocycles. The van der Waals surface area contributed by atoms with Crippen LogP contribution in [0.2, 0.25) is 0 Å². The largest absolute Gasteiger partial charge is 0.497 e. The van der Waals surface area contributed by atoms with Gasteiger partial charge in [-0.05, 0) is 60.5 Å². The van der Waals surface area contributed by atoms with Gasteiger partial charge in [-0.15, -0.1) is 0 Å². The standard InChI is InChI=1S/C31H31FN4O3/c1-22-26(30(37)34-16-18-35(19-17-34)31(38)33-21-23-8-4-3-5-9-23)20-29(24-12-14-25(39-2)15-13-24)36(22)28-11-7-6-10-27(28)32/h3-15,20H,16-19,21H2,1-2H3,(H,33,38). The normalized spacial score (nSPS) is 13.3. The minimum Gasteiger partial charge on any atom is -0.497 e. The first kappa shape index (κ1) is 26.0. The highest BCUT2D eigenvalue weighted by molar-refractivity contribution is 5.97. The monoisotopic (exact) mass is 526 g/mol. The highest BCUT2D eigenvalue weighted by Gasteiger charge is 2.28. The number of methoxy groups -OCH3 is 1. The number of hydrogen-bond acceptors (Lipinski definition) is 3. The van der Waals surface area contributed by atoms with Gasteiger partial charge in [0.05, 0.1) is 24.1 Å². The Morgan fingerprint density at radius 2 is 1.51 bits per heavy atom. The van der Waals surface area contributed by atoms with Crippen LogP contribution in [-0.2, 0) is 6.54 Å². The minimum atomic E-state index is -0.375. The topological polar surface area (TPSA) is 66.8 Å². The van der Waals surface area contributed by atoms with E-state index in [1.54, 1.807) is 39.7 Å². The molecule has 4 aromatic rings. The number of hydrogen-bond donors (Lipinski definition) is 1. The molecule has 0 unspecified atom stereocenters. The van der Waals surface area contributed by atoms with Gasteiger partial charge < -0.3 is 24.4 Å². The molecule has 1 saturated heterocycles. The molecule has 39 heavy (non-hydrogen) atoms. The molecular formula is C31H31FN4O3. The number of carbonyl (C=O) groups is 2. The van der Waals surface area contributed by atoms with E-state index in [2.05, 4.69) is 5.32 Å². The molecule has 1 aromatic heterocycles. The zero-order valence-corrected chi connectivity index (χ0v) is 22.1. The first-order chi connectivity index (χ1) is 19.0. The molecule has 0 radical (unpaired) electrons. The van der Waals surface area contributed by atoms with Crippen molar-refractivity contribution < 1.29 is 18.7 Å². The average Bonchev–Trinajstić information content (AvgIpc) is 3.33. The molecule has 1 aliphatic heterocycles. The molecule has 0 atom stereocenters. The smallest absolute Gasteiger partial charge is 0.317 e. The van der Waals surface area contributed by atoms with Gasteiger partial charge in [-0.1, -0.05) is 42.5 Å². The molecule has 0 bridgehead atoms. The summed E-state index contributed by atoms with van der Waals surface area (Å²) in [7, 11) is 1.60. The van der Waals surface area contributed by atoms with Crippen molar-refractivity contribution in [1.29, 1.82) is 0 Å². The second-order valence-corrected chi connectivity index (χ2v) is 9.47. The van der Waals surface area contributed by atoms with Crippen molar-refractivity contribution in [3.05, 3.63) is 108 Å². The first-order valence-electron chi connectivity index (χ1n) is 12.9. The van der Waals surface area contributed by atoms with E-state index in [-0.39, 0.29) is 17.8 Å². The van der Waals surface area contributed by atoms with Gasteiger partial charge in [0.2, 0.25) is 0 Å². The lowest BCUT2D eigenvalue weighted by atomic mass is 10.1. The maximum absolute atomic E-state index is 14.9. The first-order valence-corrected chi connectivity index (χ1v) is 12.9. The van der Waals surface area contributed by atoms with Crippen molar-refractivity contribution in [3.63, 3.8) is 0 Å². The van der Waals surface area contributed by atoms with Crippen molar-refractivity contribution in [2.24, 2.45) is 0 Å². The van der Waals surface area contributed by atoms with Crippen molar-refractivity contribution in [1.82, 2.24) is 19.7 Å². The molecule has 0 saturated carbocycles. The van der Waals surface area contributed by atoms with Crippen LogP contribution in [0.3, 0.4) is 0 Å². The Balaban J connectivity index is 1.35.